The summed E-state index contributed by atoms with van der Waals surface area (Å²) in [5, 5.41) is 0. The van der Waals surface area contributed by atoms with Gasteiger partial charge >= 0.3 is 0 Å². The highest BCUT2D eigenvalue weighted by molar-refractivity contribution is 5.40. The van der Waals surface area contributed by atoms with Crippen molar-refractivity contribution in [3.63, 3.8) is 0 Å². The normalized spacial score (nSPS) is 51.8. The monoisotopic (exact) mass is 566 g/mol. The maximum Gasteiger partial charge on any atom is -0.00952 e. The molecule has 0 spiro atoms. The summed E-state index contributed by atoms with van der Waals surface area (Å²) in [4.78, 5) is 0. The third-order valence-corrected chi connectivity index (χ3v) is 15.6. The topological polar surface area (TPSA) is 0 Å². The average Bonchev–Trinajstić information content (AvgIpc) is 3.52. The summed E-state index contributed by atoms with van der Waals surface area (Å²) >= 11 is 0. The van der Waals surface area contributed by atoms with E-state index in [0.717, 1.165) is 46.8 Å². The maximum absolute atomic E-state index is 2.84. The van der Waals surface area contributed by atoms with Gasteiger partial charge in [0.1, 0.15) is 0 Å². The van der Waals surface area contributed by atoms with Crippen LogP contribution < -0.4 is 0 Å². The molecule has 0 aromatic carbocycles. The van der Waals surface area contributed by atoms with Crippen LogP contribution in [0.3, 0.4) is 0 Å². The number of rotatable bonds is 2. The zero-order valence-electron chi connectivity index (χ0n) is 28.7. The van der Waals surface area contributed by atoms with Gasteiger partial charge in [0, 0.05) is 0 Å². The van der Waals surface area contributed by atoms with E-state index in [-0.39, 0.29) is 10.8 Å². The maximum atomic E-state index is 2.84. The van der Waals surface area contributed by atoms with Crippen molar-refractivity contribution in [1.82, 2.24) is 0 Å². The van der Waals surface area contributed by atoms with Crippen molar-refractivity contribution in [1.29, 1.82) is 0 Å². The fourth-order valence-electron chi connectivity index (χ4n) is 14.4. The first-order valence-electron chi connectivity index (χ1n) is 18.4. The second-order valence-corrected chi connectivity index (χ2v) is 20.6. The second kappa shape index (κ2) is 8.81. The highest BCUT2D eigenvalue weighted by atomic mass is 14.7. The molecule has 0 N–H and O–H groups in total. The molecule has 0 aromatic heterocycles. The van der Waals surface area contributed by atoms with E-state index in [9.17, 15) is 0 Å². The van der Waals surface area contributed by atoms with Crippen LogP contribution in [0.2, 0.25) is 0 Å². The zero-order valence-corrected chi connectivity index (χ0v) is 28.7. The SMILES string of the molecule is CC(C)(C)C1=CC2C(C=C1)C1C=CC(C(C)(C)C)=CC1C2C1(C)CC(C)(C)C2CC(C34CC5CC(CC(C5)C3)C4)CC21. The summed E-state index contributed by atoms with van der Waals surface area (Å²) in [6.07, 6.45) is 30.2. The quantitative estimate of drug-likeness (QED) is 0.312. The van der Waals surface area contributed by atoms with Crippen molar-refractivity contribution in [3.8, 4) is 0 Å². The van der Waals surface area contributed by atoms with Gasteiger partial charge in [0.25, 0.3) is 0 Å². The van der Waals surface area contributed by atoms with Crippen molar-refractivity contribution in [2.75, 3.05) is 0 Å². The highest BCUT2D eigenvalue weighted by Gasteiger charge is 2.67. The minimum Gasteiger partial charge on any atom is -0.0799 e. The van der Waals surface area contributed by atoms with Gasteiger partial charge in [-0.25, -0.2) is 0 Å². The molecule has 7 fully saturated rings. The lowest BCUT2D eigenvalue weighted by Crippen LogP contribution is -2.49. The molecule has 0 aliphatic heterocycles. The van der Waals surface area contributed by atoms with Gasteiger partial charge in [-0.15, -0.1) is 0 Å². The Balaban J connectivity index is 1.20. The molecule has 42 heavy (non-hydrogen) atoms. The van der Waals surface area contributed by atoms with Crippen LogP contribution in [0, 0.1) is 92.2 Å². The molecular weight excluding hydrogens is 504 g/mol. The third kappa shape index (κ3) is 4.03. The van der Waals surface area contributed by atoms with Gasteiger partial charge in [0.05, 0.1) is 0 Å². The molecule has 8 atom stereocenters. The van der Waals surface area contributed by atoms with E-state index >= 15 is 0 Å². The second-order valence-electron chi connectivity index (χ2n) is 20.6. The molecule has 9 rings (SSSR count). The number of hydrogen-bond donors (Lipinski definition) is 0. The Morgan fingerprint density at radius 1 is 0.595 bits per heavy atom. The molecule has 9 aliphatic rings. The summed E-state index contributed by atoms with van der Waals surface area (Å²) in [5.41, 5.74) is 5.22. The third-order valence-electron chi connectivity index (χ3n) is 15.6. The van der Waals surface area contributed by atoms with Crippen LogP contribution >= 0.6 is 0 Å². The molecule has 0 heteroatoms. The molecule has 0 amide bonds. The first-order valence-corrected chi connectivity index (χ1v) is 18.4. The Morgan fingerprint density at radius 3 is 1.50 bits per heavy atom. The molecule has 8 unspecified atom stereocenters. The minimum atomic E-state index is 0.220. The molecule has 4 bridgehead atoms. The van der Waals surface area contributed by atoms with Crippen molar-refractivity contribution in [2.45, 2.75) is 120 Å². The van der Waals surface area contributed by atoms with E-state index in [1.165, 1.54) is 6.42 Å². The summed E-state index contributed by atoms with van der Waals surface area (Å²) in [5.74, 6) is 9.52. The molecule has 0 nitrogen and oxygen atoms in total. The van der Waals surface area contributed by atoms with Crippen LogP contribution in [0.15, 0.2) is 47.6 Å². The Labute approximate surface area is 259 Å². The van der Waals surface area contributed by atoms with Crippen molar-refractivity contribution < 1.29 is 0 Å². The van der Waals surface area contributed by atoms with Gasteiger partial charge in [0.15, 0.2) is 0 Å². The fraction of sp³-hybridized carbons (Fsp3) is 0.810. The Kier molecular flexibility index (Phi) is 5.97. The van der Waals surface area contributed by atoms with Crippen molar-refractivity contribution in [3.05, 3.63) is 47.6 Å². The van der Waals surface area contributed by atoms with Crippen LogP contribution in [-0.4, -0.2) is 0 Å². The highest BCUT2D eigenvalue weighted by Crippen LogP contribution is 2.75. The lowest BCUT2D eigenvalue weighted by Gasteiger charge is -2.59. The Hall–Kier alpha value is -1.04. The molecule has 0 saturated heterocycles. The molecule has 0 radical (unpaired) electrons. The largest absolute Gasteiger partial charge is 0.0799 e. The van der Waals surface area contributed by atoms with Gasteiger partial charge in [-0.05, 0) is 161 Å². The average molecular weight is 567 g/mol. The smallest absolute Gasteiger partial charge is 0.00952 e. The zero-order chi connectivity index (χ0) is 29.6. The Morgan fingerprint density at radius 2 is 1.05 bits per heavy atom. The van der Waals surface area contributed by atoms with E-state index < -0.39 is 0 Å². The van der Waals surface area contributed by atoms with Crippen molar-refractivity contribution in [2.24, 2.45) is 92.2 Å². The summed E-state index contributed by atoms with van der Waals surface area (Å²) in [7, 11) is 0. The van der Waals surface area contributed by atoms with Crippen LogP contribution in [0.5, 0.6) is 0 Å². The van der Waals surface area contributed by atoms with Crippen LogP contribution in [0.1, 0.15) is 120 Å². The molecule has 0 heterocycles. The van der Waals surface area contributed by atoms with E-state index in [4.69, 9.17) is 0 Å². The van der Waals surface area contributed by atoms with Gasteiger partial charge in [-0.3, -0.25) is 0 Å². The van der Waals surface area contributed by atoms with Gasteiger partial charge in [0.2, 0.25) is 0 Å². The number of fused-ring (bicyclic) bond motifs is 4. The fourth-order valence-corrected chi connectivity index (χ4v) is 14.4. The molecule has 9 aliphatic carbocycles. The number of hydrogen-bond acceptors (Lipinski definition) is 0. The van der Waals surface area contributed by atoms with Gasteiger partial charge < -0.3 is 0 Å². The van der Waals surface area contributed by atoms with Gasteiger partial charge in [-0.1, -0.05) is 98.8 Å². The molecular formula is C42H62. The van der Waals surface area contributed by atoms with Crippen LogP contribution in [-0.2, 0) is 0 Å². The first kappa shape index (κ1) is 28.4. The van der Waals surface area contributed by atoms with E-state index in [0.29, 0.717) is 34.5 Å². The Bertz CT molecular complexity index is 1160. The minimum absolute atomic E-state index is 0.220. The van der Waals surface area contributed by atoms with Gasteiger partial charge in [-0.2, -0.15) is 0 Å². The summed E-state index contributed by atoms with van der Waals surface area (Å²) in [6.45, 7) is 22.8. The lowest BCUT2D eigenvalue weighted by atomic mass is 9.46. The summed E-state index contributed by atoms with van der Waals surface area (Å²) < 4.78 is 0. The van der Waals surface area contributed by atoms with E-state index in [1.54, 1.807) is 62.5 Å². The predicted octanol–water partition coefficient (Wildman–Crippen LogP) is 11.5. The summed E-state index contributed by atoms with van der Waals surface area (Å²) in [6, 6.07) is 0. The molecule has 230 valence electrons. The van der Waals surface area contributed by atoms with E-state index in [1.807, 2.05) is 0 Å². The van der Waals surface area contributed by atoms with Crippen molar-refractivity contribution >= 4 is 0 Å². The predicted molar refractivity (Wildman–Crippen MR) is 178 cm³/mol. The molecule has 7 saturated carbocycles. The lowest BCUT2D eigenvalue weighted by molar-refractivity contribution is -0.0906. The number of allylic oxidation sites excluding steroid dienone is 8. The van der Waals surface area contributed by atoms with E-state index in [2.05, 4.69) is 98.8 Å². The first-order chi connectivity index (χ1) is 19.6. The molecule has 0 aromatic rings. The van der Waals surface area contributed by atoms with Crippen LogP contribution in [0.25, 0.3) is 0 Å². The van der Waals surface area contributed by atoms with Crippen LogP contribution in [0.4, 0.5) is 0 Å². The standard InChI is InChI=1S/C42H62/c1-38(2,3)28-10-12-31-32-13-11-29(39(4,5)6)18-34(32)37(33(31)17-28)41(9)24-40(7,8)35-19-30(20-36(35)41)42-21-25-14-26(22-42)16-27(15-25)23-42/h10-13,17-18,25-27,30-37H,14-16,19-24H2,1-9H3.